The number of carbonyl (C=O) groups is 2. The van der Waals surface area contributed by atoms with Crippen LogP contribution in [0.4, 0.5) is 23.7 Å². The molecule has 33 heavy (non-hydrogen) atoms. The Labute approximate surface area is 189 Å². The largest absolute Gasteiger partial charge is 0.443 e. The molecule has 2 aromatic carbocycles. The molecule has 1 aromatic heterocycles. The quantitative estimate of drug-likeness (QED) is 0.496. The van der Waals surface area contributed by atoms with Crippen LogP contribution in [0.2, 0.25) is 0 Å². The molecule has 1 heterocycles. The topological polar surface area (TPSA) is 69.6 Å². The zero-order valence-electron chi connectivity index (χ0n) is 18.7. The Morgan fingerprint density at radius 3 is 2.15 bits per heavy atom. The molecule has 0 aliphatic heterocycles. The van der Waals surface area contributed by atoms with Crippen molar-refractivity contribution >= 4 is 28.6 Å². The second-order valence-electron chi connectivity index (χ2n) is 8.61. The van der Waals surface area contributed by atoms with Gasteiger partial charge in [0, 0.05) is 18.5 Å². The van der Waals surface area contributed by atoms with Crippen molar-refractivity contribution in [1.82, 2.24) is 4.57 Å². The maximum atomic E-state index is 12.7. The number of anilines is 1. The molecule has 1 N–H and O–H groups in total. The van der Waals surface area contributed by atoms with E-state index in [1.807, 2.05) is 0 Å². The molecule has 9 heteroatoms. The van der Waals surface area contributed by atoms with Gasteiger partial charge in [-0.25, -0.2) is 4.79 Å². The molecule has 0 fully saturated rings. The van der Waals surface area contributed by atoms with Gasteiger partial charge in [0.15, 0.2) is 0 Å². The van der Waals surface area contributed by atoms with Crippen LogP contribution in [0.3, 0.4) is 0 Å². The molecule has 3 aromatic rings. The second kappa shape index (κ2) is 9.27. The van der Waals surface area contributed by atoms with Crippen molar-refractivity contribution in [1.29, 1.82) is 0 Å². The first kappa shape index (κ1) is 24.3. The van der Waals surface area contributed by atoms with E-state index in [-0.39, 0.29) is 19.1 Å². The highest BCUT2D eigenvalue weighted by Gasteiger charge is 2.29. The Kier molecular flexibility index (Phi) is 6.83. The summed E-state index contributed by atoms with van der Waals surface area (Å²) >= 11 is 0. The summed E-state index contributed by atoms with van der Waals surface area (Å²) in [5, 5.41) is 3.34. The van der Waals surface area contributed by atoms with Gasteiger partial charge in [-0.05, 0) is 56.2 Å². The van der Waals surface area contributed by atoms with Gasteiger partial charge in [0.1, 0.15) is 5.60 Å². The number of hydrogen-bond donors (Lipinski definition) is 1. The van der Waals surface area contributed by atoms with E-state index < -0.39 is 23.4 Å². The third-order valence-electron chi connectivity index (χ3n) is 4.59. The normalized spacial score (nSPS) is 12.1. The van der Waals surface area contributed by atoms with E-state index in [2.05, 4.69) is 5.32 Å². The molecule has 3 rings (SSSR count). The monoisotopic (exact) mass is 462 g/mol. The number of alkyl halides is 3. The van der Waals surface area contributed by atoms with E-state index in [1.54, 1.807) is 39.0 Å². The van der Waals surface area contributed by atoms with Gasteiger partial charge in [0.25, 0.3) is 0 Å². The molecular weight excluding hydrogens is 437 g/mol. The Bertz CT molecular complexity index is 1160. The predicted molar refractivity (Wildman–Crippen MR) is 118 cm³/mol. The lowest BCUT2D eigenvalue weighted by Gasteiger charge is -2.19. The van der Waals surface area contributed by atoms with Gasteiger partial charge >= 0.3 is 12.3 Å². The average Bonchev–Trinajstić information content (AvgIpc) is 3.04. The first-order chi connectivity index (χ1) is 15.3. The molecular formula is C24H25F3N2O4. The minimum atomic E-state index is -4.38. The van der Waals surface area contributed by atoms with Crippen molar-refractivity contribution in [2.24, 2.45) is 0 Å². The number of hydrogen-bond acceptors (Lipinski definition) is 4. The number of fused-ring (bicyclic) bond motifs is 1. The number of halogens is 3. The van der Waals surface area contributed by atoms with E-state index in [9.17, 15) is 22.8 Å². The van der Waals surface area contributed by atoms with Crippen LogP contribution in [0.15, 0.2) is 48.7 Å². The Morgan fingerprint density at radius 1 is 0.970 bits per heavy atom. The van der Waals surface area contributed by atoms with Gasteiger partial charge in [0.2, 0.25) is 5.91 Å². The zero-order valence-corrected chi connectivity index (χ0v) is 18.7. The van der Waals surface area contributed by atoms with Gasteiger partial charge in [0.05, 0.1) is 30.0 Å². The molecule has 0 saturated carbocycles. The third-order valence-corrected chi connectivity index (χ3v) is 4.59. The van der Waals surface area contributed by atoms with Crippen molar-refractivity contribution in [2.45, 2.75) is 52.7 Å². The van der Waals surface area contributed by atoms with Crippen molar-refractivity contribution in [3.8, 4) is 0 Å². The minimum Gasteiger partial charge on any atom is -0.443 e. The second-order valence-corrected chi connectivity index (χ2v) is 8.61. The van der Waals surface area contributed by atoms with Gasteiger partial charge in [-0.15, -0.1) is 0 Å². The fraction of sp³-hybridized carbons (Fsp3) is 0.333. The summed E-state index contributed by atoms with van der Waals surface area (Å²) in [4.78, 5) is 24.2. The molecule has 0 unspecified atom stereocenters. The first-order valence-electron chi connectivity index (χ1n) is 10.2. The molecule has 176 valence electrons. The lowest BCUT2D eigenvalue weighted by molar-refractivity contribution is -0.137. The van der Waals surface area contributed by atoms with Crippen LogP contribution in [-0.2, 0) is 33.7 Å². The fourth-order valence-electron chi connectivity index (χ4n) is 3.20. The predicted octanol–water partition coefficient (Wildman–Crippen LogP) is 6.12. The van der Waals surface area contributed by atoms with Crippen LogP contribution < -0.4 is 5.32 Å². The maximum absolute atomic E-state index is 12.7. The summed E-state index contributed by atoms with van der Waals surface area (Å²) in [6.07, 6.45) is -3.45. The SMILES string of the molecule is CC(=O)Nc1cn(C(=O)OC(C)(C)C)c2ccc(COCc3ccc(C(F)(F)F)cc3)cc12. The molecule has 0 spiro atoms. The molecule has 0 atom stereocenters. The maximum Gasteiger partial charge on any atom is 0.419 e. The summed E-state index contributed by atoms with van der Waals surface area (Å²) in [6.45, 7) is 6.97. The zero-order chi connectivity index (χ0) is 24.4. The number of benzene rings is 2. The molecule has 6 nitrogen and oxygen atoms in total. The minimum absolute atomic E-state index is 0.133. The van der Waals surface area contributed by atoms with Crippen LogP contribution >= 0.6 is 0 Å². The van der Waals surface area contributed by atoms with E-state index in [4.69, 9.17) is 9.47 Å². The Balaban J connectivity index is 1.77. The van der Waals surface area contributed by atoms with Crippen molar-refractivity contribution in [3.63, 3.8) is 0 Å². The highest BCUT2D eigenvalue weighted by Crippen LogP contribution is 2.30. The summed E-state index contributed by atoms with van der Waals surface area (Å²) in [5.41, 5.74) is 0.986. The standard InChI is InChI=1S/C24H25F3N2O4/c1-15(30)28-20-12-29(22(31)33-23(2,3)4)21-10-7-17(11-19(20)21)14-32-13-16-5-8-18(9-6-16)24(25,26)27/h5-12H,13-14H2,1-4H3,(H,28,30). The highest BCUT2D eigenvalue weighted by molar-refractivity contribution is 6.04. The van der Waals surface area contributed by atoms with Gasteiger partial charge in [-0.1, -0.05) is 18.2 Å². The summed E-state index contributed by atoms with van der Waals surface area (Å²) in [6, 6.07) is 10.1. The lowest BCUT2D eigenvalue weighted by atomic mass is 10.1. The van der Waals surface area contributed by atoms with Gasteiger partial charge < -0.3 is 14.8 Å². The van der Waals surface area contributed by atoms with E-state index >= 15 is 0 Å². The van der Waals surface area contributed by atoms with Crippen molar-refractivity contribution in [3.05, 3.63) is 65.4 Å². The summed E-state index contributed by atoms with van der Waals surface area (Å²) in [5.74, 6) is -0.290. The van der Waals surface area contributed by atoms with Crippen molar-refractivity contribution < 1.29 is 32.2 Å². The number of rotatable bonds is 5. The fourth-order valence-corrected chi connectivity index (χ4v) is 3.20. The highest BCUT2D eigenvalue weighted by atomic mass is 19.4. The molecule has 0 saturated heterocycles. The molecule has 0 bridgehead atoms. The molecule has 0 radical (unpaired) electrons. The number of amides is 1. The van der Waals surface area contributed by atoms with E-state index in [0.717, 1.165) is 17.7 Å². The first-order valence-corrected chi connectivity index (χ1v) is 10.2. The Hall–Kier alpha value is -3.33. The number of ether oxygens (including phenoxy) is 2. The van der Waals surface area contributed by atoms with Crippen LogP contribution in [0.25, 0.3) is 10.9 Å². The number of nitrogens with one attached hydrogen (secondary N) is 1. The van der Waals surface area contributed by atoms with Gasteiger partial charge in [-0.2, -0.15) is 13.2 Å². The Morgan fingerprint density at radius 2 is 1.58 bits per heavy atom. The number of nitrogens with zero attached hydrogens (tertiary/aromatic N) is 1. The van der Waals surface area contributed by atoms with Gasteiger partial charge in [-0.3, -0.25) is 9.36 Å². The molecule has 1 amide bonds. The lowest BCUT2D eigenvalue weighted by Crippen LogP contribution is -2.26. The smallest absolute Gasteiger partial charge is 0.419 e. The third kappa shape index (κ3) is 6.35. The molecule has 0 aliphatic rings. The summed E-state index contributed by atoms with van der Waals surface area (Å²) in [7, 11) is 0. The van der Waals surface area contributed by atoms with Crippen LogP contribution in [0, 0.1) is 0 Å². The van der Waals surface area contributed by atoms with Crippen LogP contribution in [-0.4, -0.2) is 22.2 Å². The number of carbonyl (C=O) groups excluding carboxylic acids is 2. The summed E-state index contributed by atoms with van der Waals surface area (Å²) < 4.78 is 50.5. The van der Waals surface area contributed by atoms with E-state index in [1.165, 1.54) is 29.8 Å². The molecule has 0 aliphatic carbocycles. The van der Waals surface area contributed by atoms with Crippen molar-refractivity contribution in [2.75, 3.05) is 5.32 Å². The van der Waals surface area contributed by atoms with E-state index in [0.29, 0.717) is 22.2 Å². The number of aromatic nitrogens is 1. The van der Waals surface area contributed by atoms with Crippen LogP contribution in [0.1, 0.15) is 44.4 Å². The van der Waals surface area contributed by atoms with Crippen LogP contribution in [0.5, 0.6) is 0 Å². The average molecular weight is 462 g/mol.